The lowest BCUT2D eigenvalue weighted by Gasteiger charge is -2.20. The Bertz CT molecular complexity index is 504. The van der Waals surface area contributed by atoms with Crippen molar-refractivity contribution in [3.8, 4) is 17.6 Å². The molecule has 0 saturated heterocycles. The van der Waals surface area contributed by atoms with Gasteiger partial charge in [0.05, 0.1) is 12.0 Å². The predicted molar refractivity (Wildman–Crippen MR) is 84.2 cm³/mol. The van der Waals surface area contributed by atoms with E-state index in [1.165, 1.54) is 0 Å². The summed E-state index contributed by atoms with van der Waals surface area (Å²) in [7, 11) is 0. The van der Waals surface area contributed by atoms with Gasteiger partial charge in [0.25, 0.3) is 0 Å². The summed E-state index contributed by atoms with van der Waals surface area (Å²) < 4.78 is 10.8. The second-order valence-corrected chi connectivity index (χ2v) is 5.49. The topological polar surface area (TPSA) is 35.5 Å². The van der Waals surface area contributed by atoms with Crippen LogP contribution in [-0.4, -0.2) is 18.7 Å². The maximum atomic E-state index is 12.2. The zero-order chi connectivity index (χ0) is 15.8. The number of hydrogen-bond donors (Lipinski definition) is 0. The number of benzene rings is 1. The van der Waals surface area contributed by atoms with Gasteiger partial charge >= 0.3 is 5.97 Å². The first kappa shape index (κ1) is 17.1. The molecule has 0 aliphatic heterocycles. The number of carbonyl (C=O) groups is 1. The quantitative estimate of drug-likeness (QED) is 0.590. The van der Waals surface area contributed by atoms with Gasteiger partial charge in [0.2, 0.25) is 0 Å². The lowest BCUT2D eigenvalue weighted by Crippen LogP contribution is -2.21. The molecule has 3 nitrogen and oxygen atoms in total. The zero-order valence-electron chi connectivity index (χ0n) is 13.5. The highest BCUT2D eigenvalue weighted by atomic mass is 16.5. The van der Waals surface area contributed by atoms with E-state index in [1.54, 1.807) is 6.92 Å². The molecule has 0 N–H and O–H groups in total. The fourth-order valence-corrected chi connectivity index (χ4v) is 2.09. The van der Waals surface area contributed by atoms with Crippen LogP contribution in [0, 0.1) is 17.8 Å². The van der Waals surface area contributed by atoms with Gasteiger partial charge in [-0.1, -0.05) is 31.9 Å². The maximum absolute atomic E-state index is 12.2. The Morgan fingerprint density at radius 3 is 2.24 bits per heavy atom. The molecule has 0 aliphatic rings. The van der Waals surface area contributed by atoms with Crippen LogP contribution in [0.1, 0.15) is 46.1 Å². The van der Waals surface area contributed by atoms with E-state index in [1.807, 2.05) is 52.0 Å². The first-order valence-corrected chi connectivity index (χ1v) is 7.28. The third kappa shape index (κ3) is 5.51. The van der Waals surface area contributed by atoms with Crippen molar-refractivity contribution in [3.63, 3.8) is 0 Å². The van der Waals surface area contributed by atoms with Gasteiger partial charge in [0.1, 0.15) is 5.75 Å². The van der Waals surface area contributed by atoms with Crippen LogP contribution >= 0.6 is 0 Å². The van der Waals surface area contributed by atoms with Crippen LogP contribution in [0.25, 0.3) is 0 Å². The summed E-state index contributed by atoms with van der Waals surface area (Å²) in [5.41, 5.74) is 0.940. The van der Waals surface area contributed by atoms with Crippen molar-refractivity contribution >= 4 is 5.97 Å². The summed E-state index contributed by atoms with van der Waals surface area (Å²) in [6, 6.07) is 7.64. The molecular weight excluding hydrogens is 264 g/mol. The maximum Gasteiger partial charge on any atom is 0.314 e. The molecule has 114 valence electrons. The molecule has 0 spiro atoms. The summed E-state index contributed by atoms with van der Waals surface area (Å²) in [4.78, 5) is 12.2. The average Bonchev–Trinajstić information content (AvgIpc) is 2.40. The number of rotatable bonds is 6. The largest absolute Gasteiger partial charge is 0.491 e. The normalized spacial score (nSPS) is 11.8. The lowest BCUT2D eigenvalue weighted by molar-refractivity contribution is -0.145. The van der Waals surface area contributed by atoms with Gasteiger partial charge in [-0.05, 0) is 44.4 Å². The summed E-state index contributed by atoms with van der Waals surface area (Å²) in [5, 5.41) is 0. The molecule has 3 heteroatoms. The van der Waals surface area contributed by atoms with E-state index in [0.29, 0.717) is 0 Å². The molecule has 21 heavy (non-hydrogen) atoms. The molecule has 0 fully saturated rings. The fourth-order valence-electron chi connectivity index (χ4n) is 2.09. The van der Waals surface area contributed by atoms with Crippen molar-refractivity contribution in [3.05, 3.63) is 29.8 Å². The Labute approximate surface area is 127 Å². The second kappa shape index (κ2) is 8.36. The van der Waals surface area contributed by atoms with E-state index in [4.69, 9.17) is 9.47 Å². The van der Waals surface area contributed by atoms with Crippen molar-refractivity contribution in [2.24, 2.45) is 5.92 Å². The van der Waals surface area contributed by atoms with Crippen LogP contribution in [0.15, 0.2) is 24.3 Å². The molecule has 1 rings (SSSR count). The summed E-state index contributed by atoms with van der Waals surface area (Å²) in [6.45, 7) is 9.86. The van der Waals surface area contributed by atoms with Gasteiger partial charge in [-0.15, -0.1) is 5.92 Å². The minimum Gasteiger partial charge on any atom is -0.491 e. The van der Waals surface area contributed by atoms with Crippen LogP contribution in [0.3, 0.4) is 0 Å². The van der Waals surface area contributed by atoms with Gasteiger partial charge in [-0.3, -0.25) is 4.79 Å². The first-order chi connectivity index (χ1) is 9.95. The smallest absolute Gasteiger partial charge is 0.314 e. The number of esters is 1. The molecule has 0 bridgehead atoms. The highest BCUT2D eigenvalue weighted by Gasteiger charge is 2.25. The minimum atomic E-state index is -0.281. The van der Waals surface area contributed by atoms with Gasteiger partial charge in [0.15, 0.2) is 6.61 Å². The molecule has 1 aromatic rings. The minimum absolute atomic E-state index is 0.134. The molecule has 0 aliphatic carbocycles. The molecule has 0 saturated carbocycles. The van der Waals surface area contributed by atoms with Crippen LogP contribution < -0.4 is 4.74 Å². The molecule has 0 amide bonds. The zero-order valence-corrected chi connectivity index (χ0v) is 13.5. The van der Waals surface area contributed by atoms with Gasteiger partial charge in [0, 0.05) is 0 Å². The summed E-state index contributed by atoms with van der Waals surface area (Å²) in [6.07, 6.45) is 0.134. The van der Waals surface area contributed by atoms with E-state index in [-0.39, 0.29) is 30.5 Å². The number of hydrogen-bond acceptors (Lipinski definition) is 3. The molecule has 1 aromatic carbocycles. The number of ether oxygens (including phenoxy) is 2. The van der Waals surface area contributed by atoms with Gasteiger partial charge in [-0.2, -0.15) is 0 Å². The van der Waals surface area contributed by atoms with Gasteiger partial charge < -0.3 is 9.47 Å². The van der Waals surface area contributed by atoms with E-state index in [9.17, 15) is 4.79 Å². The van der Waals surface area contributed by atoms with Crippen molar-refractivity contribution in [1.29, 1.82) is 0 Å². The van der Waals surface area contributed by atoms with Crippen molar-refractivity contribution in [1.82, 2.24) is 0 Å². The monoisotopic (exact) mass is 288 g/mol. The van der Waals surface area contributed by atoms with Crippen molar-refractivity contribution < 1.29 is 14.3 Å². The molecule has 1 unspecified atom stereocenters. The Kier molecular flexibility index (Phi) is 6.81. The first-order valence-electron chi connectivity index (χ1n) is 7.28. The SMILES string of the molecule is CC#CCOC(=O)C(c1ccc(OC(C)C)cc1)C(C)C. The Balaban J connectivity index is 2.84. The second-order valence-electron chi connectivity index (χ2n) is 5.49. The highest BCUT2D eigenvalue weighted by Crippen LogP contribution is 2.27. The molecule has 1 atom stereocenters. The number of carbonyl (C=O) groups excluding carboxylic acids is 1. The third-order valence-corrected chi connectivity index (χ3v) is 2.99. The molecule has 0 radical (unpaired) electrons. The predicted octanol–water partition coefficient (Wildman–Crippen LogP) is 3.78. The Morgan fingerprint density at radius 2 is 1.76 bits per heavy atom. The summed E-state index contributed by atoms with van der Waals surface area (Å²) >= 11 is 0. The van der Waals surface area contributed by atoms with Crippen LogP contribution in [0.5, 0.6) is 5.75 Å². The van der Waals surface area contributed by atoms with Crippen molar-refractivity contribution in [2.45, 2.75) is 46.6 Å². The molecule has 0 aromatic heterocycles. The Morgan fingerprint density at radius 1 is 1.14 bits per heavy atom. The van der Waals surface area contributed by atoms with E-state index < -0.39 is 0 Å². The van der Waals surface area contributed by atoms with E-state index in [2.05, 4.69) is 11.8 Å². The standard InChI is InChI=1S/C18H24O3/c1-6-7-12-20-18(19)17(13(2)3)15-8-10-16(11-9-15)21-14(4)5/h8-11,13-14,17H,12H2,1-5H3. The molecule has 0 heterocycles. The highest BCUT2D eigenvalue weighted by molar-refractivity contribution is 5.78. The van der Waals surface area contributed by atoms with Crippen LogP contribution in [0.4, 0.5) is 0 Å². The summed E-state index contributed by atoms with van der Waals surface area (Å²) in [5.74, 6) is 5.91. The van der Waals surface area contributed by atoms with E-state index >= 15 is 0 Å². The lowest BCUT2D eigenvalue weighted by atomic mass is 9.88. The van der Waals surface area contributed by atoms with Crippen molar-refractivity contribution in [2.75, 3.05) is 6.61 Å². The third-order valence-electron chi connectivity index (χ3n) is 2.99. The van der Waals surface area contributed by atoms with Gasteiger partial charge in [-0.25, -0.2) is 0 Å². The Hall–Kier alpha value is -1.95. The molecular formula is C18H24O3. The van der Waals surface area contributed by atoms with Crippen LogP contribution in [0.2, 0.25) is 0 Å². The van der Waals surface area contributed by atoms with Crippen LogP contribution in [-0.2, 0) is 9.53 Å². The average molecular weight is 288 g/mol. The fraction of sp³-hybridized carbons (Fsp3) is 0.500. The van der Waals surface area contributed by atoms with E-state index in [0.717, 1.165) is 11.3 Å².